The summed E-state index contributed by atoms with van der Waals surface area (Å²) in [5, 5.41) is 0. The van der Waals surface area contributed by atoms with Crippen molar-refractivity contribution in [2.45, 2.75) is 12.1 Å². The van der Waals surface area contributed by atoms with Crippen LogP contribution in [0.3, 0.4) is 0 Å². The third-order valence-corrected chi connectivity index (χ3v) is 2.97. The first-order valence-electron chi connectivity index (χ1n) is 5.56. The highest BCUT2D eigenvalue weighted by atomic mass is 19.1. The van der Waals surface area contributed by atoms with Crippen molar-refractivity contribution in [2.75, 3.05) is 6.54 Å². The second-order valence-electron chi connectivity index (χ2n) is 4.17. The van der Waals surface area contributed by atoms with Crippen molar-refractivity contribution in [3.05, 3.63) is 54.1 Å². The van der Waals surface area contributed by atoms with Crippen LogP contribution in [0, 0.1) is 0 Å². The largest absolute Gasteiger partial charge is 0.338 e. The van der Waals surface area contributed by atoms with E-state index in [2.05, 4.69) is 4.98 Å². The molecule has 2 N–H and O–H groups in total. The summed E-state index contributed by atoms with van der Waals surface area (Å²) in [6.07, 6.45) is 3.66. The van der Waals surface area contributed by atoms with Crippen molar-refractivity contribution in [2.24, 2.45) is 12.8 Å². The van der Waals surface area contributed by atoms with E-state index in [0.717, 1.165) is 0 Å². The summed E-state index contributed by atoms with van der Waals surface area (Å²) in [7, 11) is 1.85. The van der Waals surface area contributed by atoms with Gasteiger partial charge in [-0.1, -0.05) is 30.3 Å². The Labute approximate surface area is 100 Å². The molecule has 0 fully saturated rings. The molecule has 2 rings (SSSR count). The van der Waals surface area contributed by atoms with Crippen molar-refractivity contribution in [1.82, 2.24) is 9.55 Å². The summed E-state index contributed by atoms with van der Waals surface area (Å²) in [6, 6.07) is 9.02. The Morgan fingerprint density at radius 1 is 1.35 bits per heavy atom. The van der Waals surface area contributed by atoms with Gasteiger partial charge in [0.1, 0.15) is 5.82 Å². The first-order chi connectivity index (χ1) is 8.15. The number of imidazole rings is 1. The molecule has 1 heterocycles. The van der Waals surface area contributed by atoms with Gasteiger partial charge in [-0.3, -0.25) is 0 Å². The zero-order chi connectivity index (χ0) is 12.3. The predicted molar refractivity (Wildman–Crippen MR) is 65.2 cm³/mol. The number of halogens is 1. The van der Waals surface area contributed by atoms with Gasteiger partial charge in [0.25, 0.3) is 0 Å². The van der Waals surface area contributed by atoms with Crippen molar-refractivity contribution in [3.8, 4) is 0 Å². The molecule has 0 radical (unpaired) electrons. The normalized spacial score (nSPS) is 14.5. The molecule has 0 aliphatic rings. The molecule has 0 bridgehead atoms. The third-order valence-electron chi connectivity index (χ3n) is 2.97. The Hall–Kier alpha value is -1.68. The van der Waals surface area contributed by atoms with Crippen LogP contribution >= 0.6 is 0 Å². The van der Waals surface area contributed by atoms with Gasteiger partial charge in [-0.2, -0.15) is 0 Å². The topological polar surface area (TPSA) is 43.8 Å². The molecule has 1 aromatic heterocycles. The minimum atomic E-state index is -1.56. The van der Waals surface area contributed by atoms with Gasteiger partial charge in [-0.05, 0) is 5.56 Å². The van der Waals surface area contributed by atoms with E-state index < -0.39 is 5.67 Å². The van der Waals surface area contributed by atoms with E-state index in [-0.39, 0.29) is 13.0 Å². The Bertz CT molecular complexity index is 480. The van der Waals surface area contributed by atoms with Gasteiger partial charge < -0.3 is 10.3 Å². The number of rotatable bonds is 4. The first-order valence-corrected chi connectivity index (χ1v) is 5.56. The van der Waals surface area contributed by atoms with E-state index in [1.165, 1.54) is 0 Å². The summed E-state index contributed by atoms with van der Waals surface area (Å²) < 4.78 is 16.6. The van der Waals surface area contributed by atoms with E-state index in [1.54, 1.807) is 24.5 Å². The van der Waals surface area contributed by atoms with Crippen LogP contribution in [0.25, 0.3) is 0 Å². The highest BCUT2D eigenvalue weighted by molar-refractivity contribution is 5.24. The van der Waals surface area contributed by atoms with E-state index in [1.807, 2.05) is 29.8 Å². The van der Waals surface area contributed by atoms with Crippen LogP contribution in [-0.4, -0.2) is 16.1 Å². The Kier molecular flexibility index (Phi) is 3.24. The average Bonchev–Trinajstić information content (AvgIpc) is 2.76. The fraction of sp³-hybridized carbons (Fsp3) is 0.308. The summed E-state index contributed by atoms with van der Waals surface area (Å²) >= 11 is 0. The number of nitrogens with zero attached hydrogens (tertiary/aromatic N) is 2. The zero-order valence-electron chi connectivity index (χ0n) is 9.81. The number of aromatic nitrogens is 2. The molecule has 0 aliphatic carbocycles. The van der Waals surface area contributed by atoms with Crippen LogP contribution < -0.4 is 5.73 Å². The predicted octanol–water partition coefficient (Wildman–Crippen LogP) is 1.79. The third kappa shape index (κ3) is 2.36. The second kappa shape index (κ2) is 4.67. The standard InChI is InChI=1S/C13H16FN3/c1-17-8-7-16-12(17)9-13(14,10-15)11-5-3-2-4-6-11/h2-8H,9-10,15H2,1H3. The Morgan fingerprint density at radius 2 is 2.06 bits per heavy atom. The molecule has 0 saturated heterocycles. The van der Waals surface area contributed by atoms with Crippen LogP contribution in [0.1, 0.15) is 11.4 Å². The molecule has 1 atom stereocenters. The molecule has 0 spiro atoms. The zero-order valence-corrected chi connectivity index (χ0v) is 9.81. The molecule has 3 nitrogen and oxygen atoms in total. The van der Waals surface area contributed by atoms with E-state index in [4.69, 9.17) is 5.73 Å². The van der Waals surface area contributed by atoms with Crippen LogP contribution in [0.4, 0.5) is 4.39 Å². The minimum Gasteiger partial charge on any atom is -0.338 e. The van der Waals surface area contributed by atoms with E-state index >= 15 is 0 Å². The lowest BCUT2D eigenvalue weighted by molar-refractivity contribution is 0.170. The number of nitrogens with two attached hydrogens (primary N) is 1. The quantitative estimate of drug-likeness (QED) is 0.875. The molecule has 1 aromatic carbocycles. The van der Waals surface area contributed by atoms with Crippen molar-refractivity contribution >= 4 is 0 Å². The smallest absolute Gasteiger partial charge is 0.155 e. The summed E-state index contributed by atoms with van der Waals surface area (Å²) in [5.41, 5.74) is 4.64. The maximum absolute atomic E-state index is 14.8. The van der Waals surface area contributed by atoms with Crippen LogP contribution in [-0.2, 0) is 19.1 Å². The fourth-order valence-electron chi connectivity index (χ4n) is 1.85. The van der Waals surface area contributed by atoms with Gasteiger partial charge in [0, 0.05) is 32.4 Å². The SMILES string of the molecule is Cn1ccnc1CC(F)(CN)c1ccccc1. The molecule has 17 heavy (non-hydrogen) atoms. The van der Waals surface area contributed by atoms with Gasteiger partial charge in [0.15, 0.2) is 5.67 Å². The lowest BCUT2D eigenvalue weighted by atomic mass is 9.92. The molecule has 1 unspecified atom stereocenters. The van der Waals surface area contributed by atoms with Gasteiger partial charge in [0.2, 0.25) is 0 Å². The lowest BCUT2D eigenvalue weighted by Crippen LogP contribution is -2.33. The molecular weight excluding hydrogens is 217 g/mol. The van der Waals surface area contributed by atoms with Crippen LogP contribution in [0.5, 0.6) is 0 Å². The highest BCUT2D eigenvalue weighted by Crippen LogP contribution is 2.28. The van der Waals surface area contributed by atoms with Gasteiger partial charge in [-0.15, -0.1) is 0 Å². The van der Waals surface area contributed by atoms with E-state index in [9.17, 15) is 4.39 Å². The first kappa shape index (κ1) is 11.8. The molecule has 2 aromatic rings. The Balaban J connectivity index is 2.30. The van der Waals surface area contributed by atoms with Gasteiger partial charge in [-0.25, -0.2) is 9.37 Å². The minimum absolute atomic E-state index is 0.0517. The number of alkyl halides is 1. The Morgan fingerprint density at radius 3 is 2.59 bits per heavy atom. The molecule has 90 valence electrons. The number of benzene rings is 1. The van der Waals surface area contributed by atoms with Crippen LogP contribution in [0.2, 0.25) is 0 Å². The average molecular weight is 233 g/mol. The molecule has 4 heteroatoms. The molecule has 0 amide bonds. The highest BCUT2D eigenvalue weighted by Gasteiger charge is 2.32. The van der Waals surface area contributed by atoms with Crippen molar-refractivity contribution in [1.29, 1.82) is 0 Å². The van der Waals surface area contributed by atoms with Gasteiger partial charge in [0.05, 0.1) is 0 Å². The summed E-state index contributed by atoms with van der Waals surface area (Å²) in [6.45, 7) is -0.0517. The monoisotopic (exact) mass is 233 g/mol. The second-order valence-corrected chi connectivity index (χ2v) is 4.17. The molecular formula is C13H16FN3. The summed E-state index contributed by atoms with van der Waals surface area (Å²) in [5.74, 6) is 0.696. The van der Waals surface area contributed by atoms with Crippen LogP contribution in [0.15, 0.2) is 42.7 Å². The number of hydrogen-bond acceptors (Lipinski definition) is 2. The molecule has 0 aliphatic heterocycles. The summed E-state index contributed by atoms with van der Waals surface area (Å²) in [4.78, 5) is 4.14. The maximum Gasteiger partial charge on any atom is 0.155 e. The van der Waals surface area contributed by atoms with Gasteiger partial charge >= 0.3 is 0 Å². The van der Waals surface area contributed by atoms with E-state index in [0.29, 0.717) is 11.4 Å². The number of hydrogen-bond donors (Lipinski definition) is 1. The van der Waals surface area contributed by atoms with Crippen molar-refractivity contribution < 1.29 is 4.39 Å². The lowest BCUT2D eigenvalue weighted by Gasteiger charge is -2.23. The number of aryl methyl sites for hydroxylation is 1. The van der Waals surface area contributed by atoms with Crippen molar-refractivity contribution in [3.63, 3.8) is 0 Å². The maximum atomic E-state index is 14.8. The fourth-order valence-corrected chi connectivity index (χ4v) is 1.85. The molecule has 0 saturated carbocycles.